The van der Waals surface area contributed by atoms with E-state index in [9.17, 15) is 4.79 Å². The van der Waals surface area contributed by atoms with Crippen molar-refractivity contribution in [3.8, 4) is 0 Å². The number of carbonyl (C=O) groups excluding carboxylic acids is 1. The van der Waals surface area contributed by atoms with Crippen LogP contribution < -0.4 is 10.6 Å². The highest BCUT2D eigenvalue weighted by Gasteiger charge is 2.26. The third-order valence-electron chi connectivity index (χ3n) is 2.01. The average molecular weight is 188 g/mol. The van der Waals surface area contributed by atoms with Crippen LogP contribution >= 0.6 is 0 Å². The molecule has 0 aromatic heterocycles. The van der Waals surface area contributed by atoms with Crippen LogP contribution in [0.4, 0.5) is 0 Å². The van der Waals surface area contributed by atoms with Gasteiger partial charge >= 0.3 is 0 Å². The zero-order valence-electron chi connectivity index (χ0n) is 8.68. The van der Waals surface area contributed by atoms with E-state index in [0.717, 1.165) is 13.0 Å². The normalized spacial score (nSPS) is 11.4. The molecule has 13 heavy (non-hydrogen) atoms. The van der Waals surface area contributed by atoms with Crippen molar-refractivity contribution in [3.63, 3.8) is 0 Å². The molecule has 0 aliphatic rings. The minimum atomic E-state index is -0.363. The van der Waals surface area contributed by atoms with Gasteiger partial charge in [0.2, 0.25) is 5.91 Å². The molecule has 0 saturated heterocycles. The Morgan fingerprint density at radius 3 is 2.46 bits per heavy atom. The molecule has 0 aliphatic carbocycles. The summed E-state index contributed by atoms with van der Waals surface area (Å²) in [5.74, 6) is -0.00296. The molecule has 0 rings (SSSR count). The Balaban J connectivity index is 3.87. The number of nitrogens with one attached hydrogen (secondary N) is 2. The molecule has 0 spiro atoms. The molecule has 0 saturated carbocycles. The summed E-state index contributed by atoms with van der Waals surface area (Å²) in [5, 5.41) is 14.2. The molecular formula is C9H20N2O2. The SMILES string of the molecule is CNCCC(C)(C)C(=O)NCCO. The Bertz CT molecular complexity index is 158. The predicted molar refractivity (Wildman–Crippen MR) is 52.4 cm³/mol. The average Bonchev–Trinajstić information content (AvgIpc) is 2.10. The lowest BCUT2D eigenvalue weighted by Crippen LogP contribution is -2.39. The van der Waals surface area contributed by atoms with Crippen LogP contribution in [-0.2, 0) is 4.79 Å². The van der Waals surface area contributed by atoms with Crippen molar-refractivity contribution in [2.45, 2.75) is 20.3 Å². The highest BCUT2D eigenvalue weighted by Crippen LogP contribution is 2.19. The lowest BCUT2D eigenvalue weighted by atomic mass is 9.88. The zero-order valence-corrected chi connectivity index (χ0v) is 8.68. The summed E-state index contributed by atoms with van der Waals surface area (Å²) in [6.07, 6.45) is 0.792. The summed E-state index contributed by atoms with van der Waals surface area (Å²) < 4.78 is 0. The van der Waals surface area contributed by atoms with Crippen molar-refractivity contribution in [2.24, 2.45) is 5.41 Å². The Kier molecular flexibility index (Phi) is 5.66. The molecule has 0 aliphatic heterocycles. The summed E-state index contributed by atoms with van der Waals surface area (Å²) in [4.78, 5) is 11.5. The number of amides is 1. The Labute approximate surface area is 79.7 Å². The minimum absolute atomic E-state index is 0.00296. The first-order chi connectivity index (χ1) is 6.04. The molecule has 78 valence electrons. The van der Waals surface area contributed by atoms with Crippen molar-refractivity contribution >= 4 is 5.91 Å². The number of hydrogen-bond donors (Lipinski definition) is 3. The Hall–Kier alpha value is -0.610. The van der Waals surface area contributed by atoms with Gasteiger partial charge in [0.05, 0.1) is 6.61 Å². The van der Waals surface area contributed by atoms with Gasteiger partial charge in [0.25, 0.3) is 0 Å². The first-order valence-electron chi connectivity index (χ1n) is 4.58. The van der Waals surface area contributed by atoms with Gasteiger partial charge in [0, 0.05) is 12.0 Å². The highest BCUT2D eigenvalue weighted by molar-refractivity contribution is 5.81. The summed E-state index contributed by atoms with van der Waals surface area (Å²) in [6.45, 7) is 4.95. The van der Waals surface area contributed by atoms with Crippen LogP contribution in [0.5, 0.6) is 0 Å². The lowest BCUT2D eigenvalue weighted by molar-refractivity contribution is -0.129. The van der Waals surface area contributed by atoms with Crippen molar-refractivity contribution in [3.05, 3.63) is 0 Å². The van der Waals surface area contributed by atoms with Gasteiger partial charge in [0.15, 0.2) is 0 Å². The summed E-state index contributed by atoms with van der Waals surface area (Å²) in [7, 11) is 1.86. The third-order valence-corrected chi connectivity index (χ3v) is 2.01. The number of carbonyl (C=O) groups is 1. The lowest BCUT2D eigenvalue weighted by Gasteiger charge is -2.23. The minimum Gasteiger partial charge on any atom is -0.395 e. The summed E-state index contributed by atoms with van der Waals surface area (Å²) >= 11 is 0. The molecule has 0 heterocycles. The fraction of sp³-hybridized carbons (Fsp3) is 0.889. The smallest absolute Gasteiger partial charge is 0.225 e. The standard InChI is InChI=1S/C9H20N2O2/c1-9(2,4-5-10-3)8(13)11-6-7-12/h10,12H,4-7H2,1-3H3,(H,11,13). The Morgan fingerprint density at radius 1 is 1.38 bits per heavy atom. The van der Waals surface area contributed by atoms with Crippen molar-refractivity contribution in [1.29, 1.82) is 0 Å². The number of hydrogen-bond acceptors (Lipinski definition) is 3. The fourth-order valence-electron chi connectivity index (χ4n) is 0.960. The maximum atomic E-state index is 11.5. The van der Waals surface area contributed by atoms with E-state index in [2.05, 4.69) is 10.6 Å². The van der Waals surface area contributed by atoms with Crippen LogP contribution in [0.15, 0.2) is 0 Å². The molecule has 1 amide bonds. The largest absolute Gasteiger partial charge is 0.395 e. The van der Waals surface area contributed by atoms with Crippen molar-refractivity contribution < 1.29 is 9.90 Å². The first-order valence-corrected chi connectivity index (χ1v) is 4.58. The van der Waals surface area contributed by atoms with Gasteiger partial charge in [0.1, 0.15) is 0 Å². The maximum Gasteiger partial charge on any atom is 0.225 e. The molecule has 0 bridgehead atoms. The van der Waals surface area contributed by atoms with Crippen molar-refractivity contribution in [1.82, 2.24) is 10.6 Å². The van der Waals surface area contributed by atoms with Crippen LogP contribution in [0.1, 0.15) is 20.3 Å². The number of aliphatic hydroxyl groups excluding tert-OH is 1. The molecule has 3 N–H and O–H groups in total. The summed E-state index contributed by atoms with van der Waals surface area (Å²) in [5.41, 5.74) is -0.363. The third kappa shape index (κ3) is 4.85. The zero-order chi connectivity index (χ0) is 10.3. The van der Waals surface area contributed by atoms with E-state index in [1.54, 1.807) is 0 Å². The topological polar surface area (TPSA) is 61.4 Å². The summed E-state index contributed by atoms with van der Waals surface area (Å²) in [6, 6.07) is 0. The van der Waals surface area contributed by atoms with E-state index in [1.165, 1.54) is 0 Å². The molecule has 0 unspecified atom stereocenters. The quantitative estimate of drug-likeness (QED) is 0.538. The first kappa shape index (κ1) is 12.4. The number of aliphatic hydroxyl groups is 1. The maximum absolute atomic E-state index is 11.5. The molecular weight excluding hydrogens is 168 g/mol. The van der Waals surface area contributed by atoms with Gasteiger partial charge in [-0.05, 0) is 20.0 Å². The molecule has 4 heteroatoms. The monoisotopic (exact) mass is 188 g/mol. The van der Waals surface area contributed by atoms with Gasteiger partial charge in [-0.25, -0.2) is 0 Å². The van der Waals surface area contributed by atoms with Gasteiger partial charge in [-0.1, -0.05) is 13.8 Å². The van der Waals surface area contributed by atoms with Gasteiger partial charge in [-0.3, -0.25) is 4.79 Å². The second-order valence-electron chi connectivity index (χ2n) is 3.72. The predicted octanol–water partition coefficient (Wildman–Crippen LogP) is -0.269. The molecule has 0 aromatic carbocycles. The fourth-order valence-corrected chi connectivity index (χ4v) is 0.960. The van der Waals surface area contributed by atoms with Gasteiger partial charge in [-0.2, -0.15) is 0 Å². The van der Waals surface area contributed by atoms with Crippen LogP contribution in [0.25, 0.3) is 0 Å². The van der Waals surface area contributed by atoms with Crippen molar-refractivity contribution in [2.75, 3.05) is 26.7 Å². The van der Waals surface area contributed by atoms with Crippen LogP contribution in [0.3, 0.4) is 0 Å². The molecule has 0 atom stereocenters. The van der Waals surface area contributed by atoms with E-state index in [-0.39, 0.29) is 17.9 Å². The highest BCUT2D eigenvalue weighted by atomic mass is 16.3. The molecule has 0 radical (unpaired) electrons. The van der Waals surface area contributed by atoms with Gasteiger partial charge in [-0.15, -0.1) is 0 Å². The molecule has 0 aromatic rings. The Morgan fingerprint density at radius 2 is 2.00 bits per heavy atom. The van der Waals surface area contributed by atoms with E-state index in [1.807, 2.05) is 20.9 Å². The molecule has 0 fully saturated rings. The second kappa shape index (κ2) is 5.94. The second-order valence-corrected chi connectivity index (χ2v) is 3.72. The van der Waals surface area contributed by atoms with E-state index in [0.29, 0.717) is 6.54 Å². The van der Waals surface area contributed by atoms with Crippen LogP contribution in [0.2, 0.25) is 0 Å². The van der Waals surface area contributed by atoms with E-state index in [4.69, 9.17) is 5.11 Å². The van der Waals surface area contributed by atoms with Crippen LogP contribution in [0, 0.1) is 5.41 Å². The van der Waals surface area contributed by atoms with Gasteiger partial charge < -0.3 is 15.7 Å². The van der Waals surface area contributed by atoms with E-state index < -0.39 is 0 Å². The van der Waals surface area contributed by atoms with Crippen LogP contribution in [-0.4, -0.2) is 37.8 Å². The number of rotatable bonds is 6. The molecule has 4 nitrogen and oxygen atoms in total. The van der Waals surface area contributed by atoms with E-state index >= 15 is 0 Å².